The molecule has 2 aromatic rings. The molecule has 1 saturated carbocycles. The minimum Gasteiger partial charge on any atom is -0.493 e. The Kier molecular flexibility index (Phi) is 11.3. The van der Waals surface area contributed by atoms with Gasteiger partial charge in [0.05, 0.1) is 14.2 Å². The zero-order valence-corrected chi connectivity index (χ0v) is 28.5. The average Bonchev–Trinajstić information content (AvgIpc) is 2.99. The van der Waals surface area contributed by atoms with Crippen LogP contribution in [0.5, 0.6) is 11.5 Å². The molecule has 6 nitrogen and oxygen atoms in total. The lowest BCUT2D eigenvalue weighted by Crippen LogP contribution is -2.46. The van der Waals surface area contributed by atoms with Crippen molar-refractivity contribution in [2.24, 2.45) is 0 Å². The van der Waals surface area contributed by atoms with E-state index in [2.05, 4.69) is 98.1 Å². The first-order chi connectivity index (χ1) is 21.1. The Labute approximate surface area is 266 Å². The molecule has 0 aromatic heterocycles. The van der Waals surface area contributed by atoms with E-state index in [0.29, 0.717) is 12.0 Å². The highest BCUT2D eigenvalue weighted by Gasteiger charge is 2.29. The third-order valence-corrected chi connectivity index (χ3v) is 8.76. The third kappa shape index (κ3) is 8.13. The van der Waals surface area contributed by atoms with Crippen molar-refractivity contribution in [1.29, 1.82) is 0 Å². The minimum absolute atomic E-state index is 0.237. The molecule has 240 valence electrons. The summed E-state index contributed by atoms with van der Waals surface area (Å²) in [6.07, 6.45) is 10.4. The fourth-order valence-electron chi connectivity index (χ4n) is 6.30. The maximum Gasteiger partial charge on any atom is 0.182 e. The number of piperidine rings is 1. The highest BCUT2D eigenvalue weighted by atomic mass is 16.5. The first kappa shape index (κ1) is 33.4. The van der Waals surface area contributed by atoms with Crippen molar-refractivity contribution in [3.05, 3.63) is 83.4 Å². The van der Waals surface area contributed by atoms with E-state index in [0.717, 1.165) is 56.4 Å². The predicted molar refractivity (Wildman–Crippen MR) is 185 cm³/mol. The Morgan fingerprint density at radius 3 is 2.25 bits per heavy atom. The molecular weight excluding hydrogens is 546 g/mol. The van der Waals surface area contributed by atoms with Crippen LogP contribution in [0.3, 0.4) is 0 Å². The predicted octanol–water partition coefficient (Wildman–Crippen LogP) is 8.43. The number of hydrogen-bond acceptors (Lipinski definition) is 6. The van der Waals surface area contributed by atoms with E-state index >= 15 is 0 Å². The lowest BCUT2D eigenvalue weighted by molar-refractivity contribution is -0.00289. The molecule has 1 aliphatic carbocycles. The van der Waals surface area contributed by atoms with Crippen molar-refractivity contribution in [3.8, 4) is 11.5 Å². The van der Waals surface area contributed by atoms with Crippen molar-refractivity contribution in [2.75, 3.05) is 45.3 Å². The molecule has 0 unspecified atom stereocenters. The molecule has 2 aliphatic heterocycles. The zero-order valence-electron chi connectivity index (χ0n) is 28.5. The number of rotatable bonds is 10. The standard InChI is InChI=1S/C36H49N3O3.C2H6/c1-25-11-13-31(14-12-25)39(32-15-17-38(18-16-32)26(2)42-36(3,4)5)24-27-19-30(23-37-22-27)29-20-33(28-9-8-10-28)35(41-7)34(21-29)40-6;1-2/h11-14,19-22,28,32,37H,2,8-10,15-18,23-24H2,1,3-7H3;1-2H3. The first-order valence-electron chi connectivity index (χ1n) is 16.5. The molecule has 0 spiro atoms. The van der Waals surface area contributed by atoms with E-state index in [-0.39, 0.29) is 5.60 Å². The number of benzene rings is 2. The molecule has 2 aromatic carbocycles. The monoisotopic (exact) mass is 601 g/mol. The van der Waals surface area contributed by atoms with Gasteiger partial charge in [-0.15, -0.1) is 0 Å². The molecule has 5 rings (SSSR count). The second-order valence-corrected chi connectivity index (χ2v) is 13.0. The highest BCUT2D eigenvalue weighted by Crippen LogP contribution is 2.46. The van der Waals surface area contributed by atoms with Crippen molar-refractivity contribution < 1.29 is 14.2 Å². The maximum absolute atomic E-state index is 6.09. The first-order valence-corrected chi connectivity index (χ1v) is 16.5. The van der Waals surface area contributed by atoms with Gasteiger partial charge in [0.15, 0.2) is 17.4 Å². The van der Waals surface area contributed by atoms with E-state index in [1.807, 2.05) is 13.8 Å². The lowest BCUT2D eigenvalue weighted by Gasteiger charge is -2.42. The number of nitrogens with one attached hydrogen (secondary N) is 1. The molecule has 44 heavy (non-hydrogen) atoms. The highest BCUT2D eigenvalue weighted by molar-refractivity contribution is 5.74. The molecule has 1 N–H and O–H groups in total. The van der Waals surface area contributed by atoms with Crippen LogP contribution in [0.2, 0.25) is 0 Å². The average molecular weight is 602 g/mol. The number of nitrogens with zero attached hydrogens (tertiary/aromatic N) is 2. The summed E-state index contributed by atoms with van der Waals surface area (Å²) in [6, 6.07) is 13.9. The second-order valence-electron chi connectivity index (χ2n) is 13.0. The van der Waals surface area contributed by atoms with Crippen LogP contribution in [0.4, 0.5) is 5.69 Å². The van der Waals surface area contributed by atoms with Gasteiger partial charge in [0.1, 0.15) is 5.60 Å². The van der Waals surface area contributed by atoms with Crippen molar-refractivity contribution >= 4 is 11.3 Å². The largest absolute Gasteiger partial charge is 0.493 e. The van der Waals surface area contributed by atoms with Gasteiger partial charge in [0.25, 0.3) is 0 Å². The summed E-state index contributed by atoms with van der Waals surface area (Å²) in [7, 11) is 3.49. The zero-order chi connectivity index (χ0) is 31.9. The molecule has 2 fully saturated rings. The number of ether oxygens (including phenoxy) is 3. The molecule has 0 radical (unpaired) electrons. The van der Waals surface area contributed by atoms with Crippen LogP contribution in [0.15, 0.2) is 66.7 Å². The van der Waals surface area contributed by atoms with Gasteiger partial charge in [-0.05, 0) is 107 Å². The Bertz CT molecular complexity index is 1310. The Balaban J connectivity index is 0.00000216. The summed E-state index contributed by atoms with van der Waals surface area (Å²) in [6.45, 7) is 20.1. The van der Waals surface area contributed by atoms with Crippen LogP contribution in [-0.2, 0) is 4.74 Å². The third-order valence-electron chi connectivity index (χ3n) is 8.76. The maximum atomic E-state index is 6.09. The SMILES string of the molecule is C=C(OC(C)(C)C)N1CCC(N(CC2=CNCC(c3cc(OC)c(OC)c(C4CCC4)c3)=C2)c2ccc(C)cc2)CC1.CC. The molecule has 1 saturated heterocycles. The molecule has 0 atom stereocenters. The lowest BCUT2D eigenvalue weighted by atomic mass is 9.78. The second kappa shape index (κ2) is 15.0. The number of methoxy groups -OCH3 is 2. The normalized spacial score (nSPS) is 17.2. The number of dihydropyridines is 1. The number of anilines is 1. The van der Waals surface area contributed by atoms with Gasteiger partial charge in [-0.1, -0.05) is 44.0 Å². The van der Waals surface area contributed by atoms with Crippen LogP contribution < -0.4 is 19.7 Å². The van der Waals surface area contributed by atoms with E-state index in [1.54, 1.807) is 14.2 Å². The van der Waals surface area contributed by atoms with Crippen molar-refractivity contribution in [2.45, 2.75) is 91.2 Å². The number of aryl methyl sites for hydroxylation is 1. The van der Waals surface area contributed by atoms with Gasteiger partial charge >= 0.3 is 0 Å². The van der Waals surface area contributed by atoms with Crippen molar-refractivity contribution in [3.63, 3.8) is 0 Å². The summed E-state index contributed by atoms with van der Waals surface area (Å²) >= 11 is 0. The van der Waals surface area contributed by atoms with E-state index < -0.39 is 0 Å². The summed E-state index contributed by atoms with van der Waals surface area (Å²) in [4.78, 5) is 4.89. The number of hydrogen-bond donors (Lipinski definition) is 1. The Morgan fingerprint density at radius 1 is 1.00 bits per heavy atom. The van der Waals surface area contributed by atoms with Crippen molar-refractivity contribution in [1.82, 2.24) is 10.2 Å². The summed E-state index contributed by atoms with van der Waals surface area (Å²) in [5.41, 5.74) is 7.35. The van der Waals surface area contributed by atoms with Crippen LogP contribution in [0.25, 0.3) is 5.57 Å². The van der Waals surface area contributed by atoms with E-state index in [4.69, 9.17) is 14.2 Å². The molecule has 2 heterocycles. The molecular formula is C38H55N3O3. The van der Waals surface area contributed by atoms with E-state index in [1.165, 1.54) is 52.8 Å². The molecule has 0 bridgehead atoms. The van der Waals surface area contributed by atoms with Crippen LogP contribution >= 0.6 is 0 Å². The van der Waals surface area contributed by atoms with Gasteiger partial charge in [-0.3, -0.25) is 0 Å². The van der Waals surface area contributed by atoms with Crippen LogP contribution in [-0.4, -0.2) is 56.9 Å². The molecule has 6 heteroatoms. The Hall–Kier alpha value is -3.54. The minimum atomic E-state index is -0.237. The fraction of sp³-hybridized carbons (Fsp3) is 0.526. The van der Waals surface area contributed by atoms with Gasteiger partial charge < -0.3 is 29.3 Å². The van der Waals surface area contributed by atoms with Gasteiger partial charge in [0, 0.05) is 49.7 Å². The number of likely N-dealkylation sites (tertiary alicyclic amines) is 1. The summed E-state index contributed by atoms with van der Waals surface area (Å²) in [5, 5.41) is 3.57. The van der Waals surface area contributed by atoms with Gasteiger partial charge in [-0.2, -0.15) is 0 Å². The Morgan fingerprint density at radius 2 is 1.68 bits per heavy atom. The van der Waals surface area contributed by atoms with E-state index in [9.17, 15) is 0 Å². The van der Waals surface area contributed by atoms with Gasteiger partial charge in [0.2, 0.25) is 0 Å². The van der Waals surface area contributed by atoms with Crippen LogP contribution in [0.1, 0.15) is 89.3 Å². The van der Waals surface area contributed by atoms with Crippen LogP contribution in [0, 0.1) is 6.92 Å². The molecule has 3 aliphatic rings. The smallest absolute Gasteiger partial charge is 0.182 e. The summed E-state index contributed by atoms with van der Waals surface area (Å²) < 4.78 is 17.7. The summed E-state index contributed by atoms with van der Waals surface area (Å²) in [5.74, 6) is 3.04. The quantitative estimate of drug-likeness (QED) is 0.276. The fourth-order valence-corrected chi connectivity index (χ4v) is 6.30. The van der Waals surface area contributed by atoms with Gasteiger partial charge in [-0.25, -0.2) is 0 Å². The molecule has 0 amide bonds. The topological polar surface area (TPSA) is 46.2 Å².